The van der Waals surface area contributed by atoms with Gasteiger partial charge in [0.25, 0.3) is 0 Å². The first-order valence-corrected chi connectivity index (χ1v) is 8.25. The molecule has 4 nitrogen and oxygen atoms in total. The zero-order valence-electron chi connectivity index (χ0n) is 12.5. The number of rotatable bonds is 2. The third-order valence-electron chi connectivity index (χ3n) is 4.24. The molecule has 24 heavy (non-hydrogen) atoms. The van der Waals surface area contributed by atoms with Crippen molar-refractivity contribution in [3.63, 3.8) is 0 Å². The summed E-state index contributed by atoms with van der Waals surface area (Å²) >= 11 is 12.6. The van der Waals surface area contributed by atoms with Gasteiger partial charge in [-0.3, -0.25) is 0 Å². The van der Waals surface area contributed by atoms with Crippen LogP contribution in [0, 0.1) is 5.82 Å². The lowest BCUT2D eigenvalue weighted by Gasteiger charge is -2.32. The van der Waals surface area contributed by atoms with Gasteiger partial charge in [0.2, 0.25) is 5.95 Å². The lowest BCUT2D eigenvalue weighted by Crippen LogP contribution is -2.29. The second kappa shape index (κ2) is 6.07. The van der Waals surface area contributed by atoms with Crippen LogP contribution in [0.3, 0.4) is 0 Å². The number of anilines is 1. The highest BCUT2D eigenvalue weighted by molar-refractivity contribution is 6.31. The molecule has 1 aromatic heterocycles. The SMILES string of the molecule is Fc1cccc(Cl)c1[C@H]1C[C@@H](c2ccccc2Cl)Nc2ncnn21. The molecule has 0 bridgehead atoms. The summed E-state index contributed by atoms with van der Waals surface area (Å²) in [6.07, 6.45) is 2.00. The van der Waals surface area contributed by atoms with Crippen molar-refractivity contribution in [2.24, 2.45) is 0 Å². The van der Waals surface area contributed by atoms with Gasteiger partial charge in [0.05, 0.1) is 12.1 Å². The number of nitrogens with zero attached hydrogens (tertiary/aromatic N) is 3. The Labute approximate surface area is 148 Å². The Hall–Kier alpha value is -2.11. The Morgan fingerprint density at radius 2 is 1.88 bits per heavy atom. The highest BCUT2D eigenvalue weighted by Gasteiger charge is 2.33. The van der Waals surface area contributed by atoms with Gasteiger partial charge < -0.3 is 5.32 Å². The van der Waals surface area contributed by atoms with Gasteiger partial charge in [-0.1, -0.05) is 47.5 Å². The first kappa shape index (κ1) is 15.4. The van der Waals surface area contributed by atoms with E-state index in [2.05, 4.69) is 15.4 Å². The molecule has 0 saturated carbocycles. The van der Waals surface area contributed by atoms with Crippen molar-refractivity contribution in [1.29, 1.82) is 0 Å². The minimum absolute atomic E-state index is 0.115. The number of hydrogen-bond acceptors (Lipinski definition) is 3. The van der Waals surface area contributed by atoms with Crippen LogP contribution < -0.4 is 5.32 Å². The first-order valence-electron chi connectivity index (χ1n) is 7.49. The molecule has 0 fully saturated rings. The highest BCUT2D eigenvalue weighted by Crippen LogP contribution is 2.41. The topological polar surface area (TPSA) is 42.7 Å². The van der Waals surface area contributed by atoms with Gasteiger partial charge in [-0.15, -0.1) is 0 Å². The largest absolute Gasteiger partial charge is 0.347 e. The molecule has 1 aliphatic heterocycles. The molecule has 0 amide bonds. The van der Waals surface area contributed by atoms with Crippen LogP contribution in [0.2, 0.25) is 10.0 Å². The van der Waals surface area contributed by atoms with Crippen molar-refractivity contribution in [2.75, 3.05) is 5.32 Å². The van der Waals surface area contributed by atoms with Crippen LogP contribution in [0.1, 0.15) is 29.6 Å². The van der Waals surface area contributed by atoms with Gasteiger partial charge >= 0.3 is 0 Å². The maximum absolute atomic E-state index is 14.5. The fraction of sp³-hybridized carbons (Fsp3) is 0.176. The van der Waals surface area contributed by atoms with Crippen molar-refractivity contribution in [3.8, 4) is 0 Å². The van der Waals surface area contributed by atoms with Gasteiger partial charge in [0, 0.05) is 15.6 Å². The van der Waals surface area contributed by atoms with Crippen LogP contribution in [0.5, 0.6) is 0 Å². The molecular weight excluding hydrogens is 350 g/mol. The van der Waals surface area contributed by atoms with E-state index in [-0.39, 0.29) is 17.9 Å². The summed E-state index contributed by atoms with van der Waals surface area (Å²) in [7, 11) is 0. The number of halogens is 3. The van der Waals surface area contributed by atoms with Crippen LogP contribution in [-0.2, 0) is 0 Å². The highest BCUT2D eigenvalue weighted by atomic mass is 35.5. The average molecular weight is 363 g/mol. The Balaban J connectivity index is 1.82. The summed E-state index contributed by atoms with van der Waals surface area (Å²) in [4.78, 5) is 4.23. The van der Waals surface area contributed by atoms with Crippen molar-refractivity contribution in [3.05, 3.63) is 75.8 Å². The maximum atomic E-state index is 14.5. The molecule has 0 saturated heterocycles. The van der Waals surface area contributed by atoms with Crippen LogP contribution in [0.4, 0.5) is 10.3 Å². The predicted octanol–water partition coefficient (Wildman–Crippen LogP) is 4.87. The molecule has 0 aliphatic carbocycles. The van der Waals surface area contributed by atoms with Crippen LogP contribution in [0.15, 0.2) is 48.8 Å². The molecule has 2 aromatic carbocycles. The number of aromatic nitrogens is 3. The van der Waals surface area contributed by atoms with Crippen molar-refractivity contribution in [1.82, 2.24) is 14.8 Å². The van der Waals surface area contributed by atoms with E-state index in [4.69, 9.17) is 23.2 Å². The van der Waals surface area contributed by atoms with Crippen LogP contribution in [0.25, 0.3) is 0 Å². The van der Waals surface area contributed by atoms with E-state index in [1.165, 1.54) is 12.4 Å². The summed E-state index contributed by atoms with van der Waals surface area (Å²) in [6.45, 7) is 0. The van der Waals surface area contributed by atoms with E-state index in [1.807, 2.05) is 24.3 Å². The number of benzene rings is 2. The Kier molecular flexibility index (Phi) is 3.90. The van der Waals surface area contributed by atoms with Crippen molar-refractivity contribution < 1.29 is 4.39 Å². The third kappa shape index (κ3) is 2.54. The number of hydrogen-bond donors (Lipinski definition) is 1. The van der Waals surface area contributed by atoms with Crippen molar-refractivity contribution in [2.45, 2.75) is 18.5 Å². The lowest BCUT2D eigenvalue weighted by atomic mass is 9.93. The van der Waals surface area contributed by atoms with E-state index < -0.39 is 0 Å². The van der Waals surface area contributed by atoms with Gasteiger partial charge in [-0.05, 0) is 30.2 Å². The molecular formula is C17H13Cl2FN4. The fourth-order valence-corrected chi connectivity index (χ4v) is 3.71. The van der Waals surface area contributed by atoms with Crippen molar-refractivity contribution >= 4 is 29.2 Å². The zero-order chi connectivity index (χ0) is 16.7. The second-order valence-corrected chi connectivity index (χ2v) is 6.45. The summed E-state index contributed by atoms with van der Waals surface area (Å²) < 4.78 is 16.1. The lowest BCUT2D eigenvalue weighted by molar-refractivity contribution is 0.416. The average Bonchev–Trinajstić information content (AvgIpc) is 3.03. The molecule has 0 radical (unpaired) electrons. The molecule has 7 heteroatoms. The molecule has 2 heterocycles. The van der Waals surface area contributed by atoms with Crippen LogP contribution >= 0.6 is 23.2 Å². The predicted molar refractivity (Wildman–Crippen MR) is 92.0 cm³/mol. The summed E-state index contributed by atoms with van der Waals surface area (Å²) in [6, 6.07) is 11.8. The number of fused-ring (bicyclic) bond motifs is 1. The summed E-state index contributed by atoms with van der Waals surface area (Å²) in [5.74, 6) is 0.212. The fourth-order valence-electron chi connectivity index (χ4n) is 3.15. The van der Waals surface area contributed by atoms with Gasteiger partial charge in [0.1, 0.15) is 12.1 Å². The smallest absolute Gasteiger partial charge is 0.222 e. The van der Waals surface area contributed by atoms with E-state index in [9.17, 15) is 4.39 Å². The van der Waals surface area contributed by atoms with Gasteiger partial charge in [0.15, 0.2) is 0 Å². The van der Waals surface area contributed by atoms with E-state index in [0.29, 0.717) is 28.0 Å². The second-order valence-electron chi connectivity index (χ2n) is 5.63. The molecule has 2 atom stereocenters. The van der Waals surface area contributed by atoms with Gasteiger partial charge in [-0.25, -0.2) is 9.07 Å². The van der Waals surface area contributed by atoms with E-state index >= 15 is 0 Å². The molecule has 1 N–H and O–H groups in total. The minimum Gasteiger partial charge on any atom is -0.347 e. The normalized spacial score (nSPS) is 19.6. The Bertz CT molecular complexity index is 876. The third-order valence-corrected chi connectivity index (χ3v) is 4.92. The van der Waals surface area contributed by atoms with Crippen LogP contribution in [-0.4, -0.2) is 14.8 Å². The minimum atomic E-state index is -0.362. The standard InChI is InChI=1S/C17H13Cl2FN4/c18-11-5-2-1-4-10(11)14-8-15(24-17(23-14)21-9-22-24)16-12(19)6-3-7-13(16)20/h1-7,9,14-15H,8H2,(H,21,22,23)/t14-,15+/m0/s1. The quantitative estimate of drug-likeness (QED) is 0.706. The summed E-state index contributed by atoms with van der Waals surface area (Å²) in [5.41, 5.74) is 1.36. The molecule has 4 rings (SSSR count). The molecule has 0 spiro atoms. The molecule has 0 unspecified atom stereocenters. The monoisotopic (exact) mass is 362 g/mol. The Morgan fingerprint density at radius 1 is 1.08 bits per heavy atom. The number of nitrogens with one attached hydrogen (secondary N) is 1. The summed E-state index contributed by atoms with van der Waals surface area (Å²) in [5, 5.41) is 8.57. The Morgan fingerprint density at radius 3 is 2.67 bits per heavy atom. The zero-order valence-corrected chi connectivity index (χ0v) is 14.0. The first-order chi connectivity index (χ1) is 11.6. The van der Waals surface area contributed by atoms with E-state index in [0.717, 1.165) is 5.56 Å². The molecule has 1 aliphatic rings. The van der Waals surface area contributed by atoms with E-state index in [1.54, 1.807) is 16.8 Å². The van der Waals surface area contributed by atoms with Gasteiger partial charge in [-0.2, -0.15) is 10.1 Å². The maximum Gasteiger partial charge on any atom is 0.222 e. The molecule has 122 valence electrons. The molecule has 3 aromatic rings.